The van der Waals surface area contributed by atoms with Gasteiger partial charge in [-0.05, 0) is 17.7 Å². The molecule has 0 aliphatic carbocycles. The van der Waals surface area contributed by atoms with Gasteiger partial charge < -0.3 is 9.88 Å². The number of amides is 1. The number of benzene rings is 1. The molecular formula is C16H17N5O. The van der Waals surface area contributed by atoms with Crippen molar-refractivity contribution in [2.45, 2.75) is 12.6 Å². The molecule has 0 saturated carbocycles. The van der Waals surface area contributed by atoms with E-state index >= 15 is 0 Å². The topological polar surface area (TPSA) is 64.7 Å². The molecule has 0 bridgehead atoms. The van der Waals surface area contributed by atoms with E-state index in [1.165, 1.54) is 6.33 Å². The molecule has 22 heavy (non-hydrogen) atoms. The Morgan fingerprint density at radius 1 is 1.23 bits per heavy atom. The number of nitrogens with one attached hydrogen (secondary N) is 1. The number of hydrogen-bond donors (Lipinski definition) is 1. The Morgan fingerprint density at radius 3 is 2.68 bits per heavy atom. The monoisotopic (exact) mass is 295 g/mol. The summed E-state index contributed by atoms with van der Waals surface area (Å²) >= 11 is 0. The maximum Gasteiger partial charge on any atom is 0.268 e. The minimum absolute atomic E-state index is 0.110. The largest absolute Gasteiger partial charge is 0.347 e. The highest BCUT2D eigenvalue weighted by Crippen LogP contribution is 2.15. The van der Waals surface area contributed by atoms with Crippen LogP contribution in [0.15, 0.2) is 61.3 Å². The van der Waals surface area contributed by atoms with Crippen LogP contribution in [-0.2, 0) is 13.6 Å². The molecule has 1 N–H and O–H groups in total. The fraction of sp³-hybridized carbons (Fsp3) is 0.188. The molecule has 0 saturated heterocycles. The van der Waals surface area contributed by atoms with Gasteiger partial charge in [-0.1, -0.05) is 30.3 Å². The first-order chi connectivity index (χ1) is 10.7. The molecule has 0 unspecified atom stereocenters. The number of carbonyl (C=O) groups is 1. The standard InChI is InChI=1S/C16H17N5O/c1-20-9-5-8-15(20)16(22)19-14(10-21-12-17-11-18-21)13-6-3-2-4-7-13/h2-9,11-12,14H,10H2,1H3,(H,19,22)/t14-/m0/s1. The van der Waals surface area contributed by atoms with Gasteiger partial charge in [0.1, 0.15) is 18.3 Å². The predicted molar refractivity (Wildman–Crippen MR) is 82.1 cm³/mol. The molecule has 6 nitrogen and oxygen atoms in total. The van der Waals surface area contributed by atoms with Crippen molar-refractivity contribution in [3.05, 3.63) is 72.6 Å². The number of aryl methyl sites for hydroxylation is 1. The zero-order chi connectivity index (χ0) is 15.4. The summed E-state index contributed by atoms with van der Waals surface area (Å²) in [6, 6.07) is 13.3. The lowest BCUT2D eigenvalue weighted by molar-refractivity contribution is 0.0923. The van der Waals surface area contributed by atoms with Gasteiger partial charge in [0.25, 0.3) is 5.91 Å². The summed E-state index contributed by atoms with van der Waals surface area (Å²) in [6.45, 7) is 0.528. The molecule has 0 spiro atoms. The normalized spacial score (nSPS) is 12.0. The average molecular weight is 295 g/mol. The minimum Gasteiger partial charge on any atom is -0.347 e. The third kappa shape index (κ3) is 3.06. The second-order valence-electron chi connectivity index (χ2n) is 5.06. The smallest absolute Gasteiger partial charge is 0.268 e. The Kier molecular flexibility index (Phi) is 4.00. The molecule has 0 aliphatic rings. The molecule has 1 aromatic carbocycles. The molecule has 2 aromatic heterocycles. The fourth-order valence-corrected chi connectivity index (χ4v) is 2.36. The Hall–Kier alpha value is -2.89. The van der Waals surface area contributed by atoms with E-state index in [-0.39, 0.29) is 11.9 Å². The zero-order valence-corrected chi connectivity index (χ0v) is 12.3. The number of rotatable bonds is 5. The van der Waals surface area contributed by atoms with Gasteiger partial charge in [-0.25, -0.2) is 4.98 Å². The molecule has 1 amide bonds. The molecule has 2 heterocycles. The van der Waals surface area contributed by atoms with Crippen LogP contribution >= 0.6 is 0 Å². The lowest BCUT2D eigenvalue weighted by atomic mass is 10.1. The summed E-state index contributed by atoms with van der Waals surface area (Å²) in [6.07, 6.45) is 4.98. The van der Waals surface area contributed by atoms with Gasteiger partial charge in [0, 0.05) is 13.2 Å². The lowest BCUT2D eigenvalue weighted by Gasteiger charge is -2.19. The summed E-state index contributed by atoms with van der Waals surface area (Å²) in [4.78, 5) is 16.4. The fourth-order valence-electron chi connectivity index (χ4n) is 2.36. The third-order valence-electron chi connectivity index (χ3n) is 3.52. The molecule has 3 rings (SSSR count). The van der Waals surface area contributed by atoms with Crippen LogP contribution in [0.2, 0.25) is 0 Å². The van der Waals surface area contributed by atoms with Crippen LogP contribution in [0.1, 0.15) is 22.1 Å². The van der Waals surface area contributed by atoms with Gasteiger partial charge in [0.2, 0.25) is 0 Å². The van der Waals surface area contributed by atoms with Gasteiger partial charge >= 0.3 is 0 Å². The Bertz CT molecular complexity index is 733. The van der Waals surface area contributed by atoms with Crippen molar-refractivity contribution in [3.8, 4) is 0 Å². The maximum atomic E-state index is 12.5. The summed E-state index contributed by atoms with van der Waals surface area (Å²) in [5.41, 5.74) is 1.65. The highest BCUT2D eigenvalue weighted by molar-refractivity contribution is 5.93. The van der Waals surface area contributed by atoms with Gasteiger partial charge in [0.15, 0.2) is 0 Å². The van der Waals surface area contributed by atoms with E-state index in [1.54, 1.807) is 21.6 Å². The van der Waals surface area contributed by atoms with Crippen LogP contribution < -0.4 is 5.32 Å². The highest BCUT2D eigenvalue weighted by atomic mass is 16.2. The molecule has 6 heteroatoms. The van der Waals surface area contributed by atoms with Crippen LogP contribution in [0, 0.1) is 0 Å². The van der Waals surface area contributed by atoms with Crippen LogP contribution in [0.25, 0.3) is 0 Å². The SMILES string of the molecule is Cn1cccc1C(=O)N[C@@H](Cn1cncn1)c1ccccc1. The number of hydrogen-bond acceptors (Lipinski definition) is 3. The number of aromatic nitrogens is 4. The van der Waals surface area contributed by atoms with Crippen LogP contribution in [0.3, 0.4) is 0 Å². The summed E-state index contributed by atoms with van der Waals surface area (Å²) in [5, 5.41) is 7.18. The van der Waals surface area contributed by atoms with E-state index in [1.807, 2.05) is 49.6 Å². The van der Waals surface area contributed by atoms with Gasteiger partial charge in [-0.2, -0.15) is 5.10 Å². The van der Waals surface area contributed by atoms with Crippen LogP contribution in [0.4, 0.5) is 0 Å². The van der Waals surface area contributed by atoms with Crippen LogP contribution in [0.5, 0.6) is 0 Å². The van der Waals surface area contributed by atoms with Gasteiger partial charge in [-0.3, -0.25) is 9.48 Å². The first-order valence-corrected chi connectivity index (χ1v) is 7.03. The predicted octanol–water partition coefficient (Wildman–Crippen LogP) is 1.79. The highest BCUT2D eigenvalue weighted by Gasteiger charge is 2.18. The maximum absolute atomic E-state index is 12.5. The van der Waals surface area contributed by atoms with E-state index in [0.717, 1.165) is 5.56 Å². The lowest BCUT2D eigenvalue weighted by Crippen LogP contribution is -2.32. The number of nitrogens with zero attached hydrogens (tertiary/aromatic N) is 4. The zero-order valence-electron chi connectivity index (χ0n) is 12.3. The molecule has 0 fully saturated rings. The quantitative estimate of drug-likeness (QED) is 0.780. The second kappa shape index (κ2) is 6.26. The first-order valence-electron chi connectivity index (χ1n) is 7.03. The Balaban J connectivity index is 1.82. The van der Waals surface area contributed by atoms with Crippen molar-refractivity contribution >= 4 is 5.91 Å². The van der Waals surface area contributed by atoms with Crippen molar-refractivity contribution in [1.82, 2.24) is 24.6 Å². The van der Waals surface area contributed by atoms with E-state index in [9.17, 15) is 4.79 Å². The minimum atomic E-state index is -0.176. The Morgan fingerprint density at radius 2 is 2.05 bits per heavy atom. The van der Waals surface area contributed by atoms with Crippen molar-refractivity contribution in [2.24, 2.45) is 7.05 Å². The molecule has 1 atom stereocenters. The van der Waals surface area contributed by atoms with Crippen molar-refractivity contribution in [1.29, 1.82) is 0 Å². The molecular weight excluding hydrogens is 278 g/mol. The number of carbonyl (C=O) groups excluding carboxylic acids is 1. The summed E-state index contributed by atoms with van der Waals surface area (Å²) in [7, 11) is 1.85. The molecule has 0 aliphatic heterocycles. The van der Waals surface area contributed by atoms with Crippen molar-refractivity contribution in [2.75, 3.05) is 0 Å². The third-order valence-corrected chi connectivity index (χ3v) is 3.52. The second-order valence-corrected chi connectivity index (χ2v) is 5.06. The molecule has 3 aromatic rings. The molecule has 0 radical (unpaired) electrons. The Labute approximate surface area is 128 Å². The van der Waals surface area contributed by atoms with Gasteiger partial charge in [0.05, 0.1) is 12.6 Å². The summed E-state index contributed by atoms with van der Waals surface area (Å²) in [5.74, 6) is -0.110. The molecule has 112 valence electrons. The first kappa shape index (κ1) is 14.1. The van der Waals surface area contributed by atoms with Gasteiger partial charge in [-0.15, -0.1) is 0 Å². The average Bonchev–Trinajstić information content (AvgIpc) is 3.19. The van der Waals surface area contributed by atoms with Crippen LogP contribution in [-0.4, -0.2) is 25.2 Å². The summed E-state index contributed by atoms with van der Waals surface area (Å²) < 4.78 is 3.51. The van der Waals surface area contributed by atoms with E-state index in [4.69, 9.17) is 0 Å². The van der Waals surface area contributed by atoms with E-state index < -0.39 is 0 Å². The van der Waals surface area contributed by atoms with E-state index in [2.05, 4.69) is 15.4 Å². The van der Waals surface area contributed by atoms with E-state index in [0.29, 0.717) is 12.2 Å². The van der Waals surface area contributed by atoms with Crippen molar-refractivity contribution in [3.63, 3.8) is 0 Å². The van der Waals surface area contributed by atoms with Crippen molar-refractivity contribution < 1.29 is 4.79 Å².